The van der Waals surface area contributed by atoms with E-state index in [2.05, 4.69) is 27.0 Å². The fourth-order valence-corrected chi connectivity index (χ4v) is 5.95. The van der Waals surface area contributed by atoms with E-state index in [0.717, 1.165) is 25.8 Å². The molecular weight excluding hydrogens is 394 g/mol. The van der Waals surface area contributed by atoms with Crippen LogP contribution >= 0.6 is 11.3 Å². The van der Waals surface area contributed by atoms with Gasteiger partial charge in [0.25, 0.3) is 5.91 Å². The fourth-order valence-electron chi connectivity index (χ4n) is 5.04. The summed E-state index contributed by atoms with van der Waals surface area (Å²) in [6, 6.07) is 10.2. The molecule has 0 unspecified atom stereocenters. The van der Waals surface area contributed by atoms with Gasteiger partial charge in [0, 0.05) is 23.5 Å². The Hall–Kier alpha value is -2.18. The highest BCUT2D eigenvalue weighted by Crippen LogP contribution is 2.48. The first-order valence-electron chi connectivity index (χ1n) is 11.2. The summed E-state index contributed by atoms with van der Waals surface area (Å²) in [5.41, 5.74) is 2.59. The largest absolute Gasteiger partial charge is 0.349 e. The van der Waals surface area contributed by atoms with Crippen LogP contribution in [0.3, 0.4) is 0 Å². The topological polar surface area (TPSA) is 61.4 Å². The van der Waals surface area contributed by atoms with Gasteiger partial charge in [-0.15, -0.1) is 11.3 Å². The van der Waals surface area contributed by atoms with Crippen LogP contribution in [0.25, 0.3) is 0 Å². The zero-order valence-corrected chi connectivity index (χ0v) is 18.0. The lowest BCUT2D eigenvalue weighted by atomic mass is 9.96. The highest BCUT2D eigenvalue weighted by Gasteiger charge is 2.40. The molecule has 2 N–H and O–H groups in total. The lowest BCUT2D eigenvalue weighted by Crippen LogP contribution is -2.41. The minimum Gasteiger partial charge on any atom is -0.349 e. The molecule has 1 aromatic carbocycles. The number of nitrogens with one attached hydrogen (secondary N) is 2. The highest BCUT2D eigenvalue weighted by atomic mass is 32.1. The number of carbonyl (C=O) groups excluding carboxylic acids is 2. The van der Waals surface area contributed by atoms with Crippen molar-refractivity contribution in [2.24, 2.45) is 5.92 Å². The molecule has 30 heavy (non-hydrogen) atoms. The minimum atomic E-state index is -0.0884. The van der Waals surface area contributed by atoms with Crippen molar-refractivity contribution < 1.29 is 9.59 Å². The SMILES string of the molecule is O=C(CN1CCc2sccc2[C@@H]1C1CC1)Nc1ccccc1C(=O)NC1CCCC1. The van der Waals surface area contributed by atoms with Gasteiger partial charge in [-0.3, -0.25) is 14.5 Å². The van der Waals surface area contributed by atoms with Crippen LogP contribution in [0.15, 0.2) is 35.7 Å². The van der Waals surface area contributed by atoms with Crippen LogP contribution < -0.4 is 10.6 Å². The zero-order valence-electron chi connectivity index (χ0n) is 17.2. The highest BCUT2D eigenvalue weighted by molar-refractivity contribution is 7.10. The molecule has 2 amide bonds. The number of hydrogen-bond acceptors (Lipinski definition) is 4. The van der Waals surface area contributed by atoms with Gasteiger partial charge >= 0.3 is 0 Å². The monoisotopic (exact) mass is 423 g/mol. The number of fused-ring (bicyclic) bond motifs is 1. The molecule has 0 bridgehead atoms. The Morgan fingerprint density at radius 2 is 1.87 bits per heavy atom. The molecule has 2 fully saturated rings. The molecule has 1 aromatic heterocycles. The normalized spacial score (nSPS) is 21.9. The molecule has 2 aliphatic carbocycles. The summed E-state index contributed by atoms with van der Waals surface area (Å²) >= 11 is 1.84. The van der Waals surface area contributed by atoms with Gasteiger partial charge in [-0.05, 0) is 67.2 Å². The summed E-state index contributed by atoms with van der Waals surface area (Å²) in [6.45, 7) is 1.29. The van der Waals surface area contributed by atoms with Gasteiger partial charge in [0.15, 0.2) is 0 Å². The van der Waals surface area contributed by atoms with E-state index >= 15 is 0 Å². The quantitative estimate of drug-likeness (QED) is 0.725. The number of anilines is 1. The van der Waals surface area contributed by atoms with Crippen LogP contribution in [0.5, 0.6) is 0 Å². The van der Waals surface area contributed by atoms with E-state index < -0.39 is 0 Å². The van der Waals surface area contributed by atoms with E-state index in [0.29, 0.717) is 29.8 Å². The summed E-state index contributed by atoms with van der Waals surface area (Å²) in [6.07, 6.45) is 7.96. The molecule has 1 aliphatic heterocycles. The van der Waals surface area contributed by atoms with Gasteiger partial charge < -0.3 is 10.6 Å². The average molecular weight is 424 g/mol. The van der Waals surface area contributed by atoms with Gasteiger partial charge in [-0.1, -0.05) is 25.0 Å². The molecule has 0 radical (unpaired) electrons. The van der Waals surface area contributed by atoms with Crippen molar-refractivity contribution in [3.8, 4) is 0 Å². The standard InChI is InChI=1S/C24H29N3O2S/c28-22(15-27-13-11-21-19(12-14-30-21)23(27)16-9-10-16)26-20-8-4-3-7-18(20)24(29)25-17-5-1-2-6-17/h3-4,7-8,12,14,16-17,23H,1-2,5-6,9-11,13,15H2,(H,25,29)(H,26,28)/t23-/m0/s1. The third kappa shape index (κ3) is 4.16. The van der Waals surface area contributed by atoms with E-state index in [4.69, 9.17) is 0 Å². The predicted molar refractivity (Wildman–Crippen MR) is 120 cm³/mol. The summed E-state index contributed by atoms with van der Waals surface area (Å²) in [7, 11) is 0. The number of rotatable bonds is 6. The first-order chi connectivity index (χ1) is 14.7. The van der Waals surface area contributed by atoms with E-state index in [-0.39, 0.29) is 17.9 Å². The van der Waals surface area contributed by atoms with E-state index in [1.165, 1.54) is 36.1 Å². The van der Waals surface area contributed by atoms with Crippen LogP contribution in [0.4, 0.5) is 5.69 Å². The van der Waals surface area contributed by atoms with Crippen molar-refractivity contribution in [2.45, 2.75) is 57.0 Å². The summed E-state index contributed by atoms with van der Waals surface area (Å²) in [5, 5.41) is 8.33. The Bertz CT molecular complexity index is 930. The molecule has 5 rings (SSSR count). The molecule has 2 heterocycles. The number of benzene rings is 1. The molecular formula is C24H29N3O2S. The summed E-state index contributed by atoms with van der Waals surface area (Å²) < 4.78 is 0. The van der Waals surface area contributed by atoms with Gasteiger partial charge in [0.05, 0.1) is 17.8 Å². The molecule has 0 spiro atoms. The molecule has 3 aliphatic rings. The molecule has 2 aromatic rings. The molecule has 6 heteroatoms. The third-order valence-electron chi connectivity index (χ3n) is 6.67. The van der Waals surface area contributed by atoms with Gasteiger partial charge in [0.2, 0.25) is 5.91 Å². The predicted octanol–water partition coefficient (Wildman–Crippen LogP) is 4.37. The Morgan fingerprint density at radius 3 is 2.67 bits per heavy atom. The van der Waals surface area contributed by atoms with Crippen LogP contribution in [-0.2, 0) is 11.2 Å². The maximum absolute atomic E-state index is 13.0. The molecule has 2 saturated carbocycles. The van der Waals surface area contributed by atoms with Gasteiger partial charge in [-0.25, -0.2) is 0 Å². The Morgan fingerprint density at radius 1 is 1.07 bits per heavy atom. The maximum atomic E-state index is 13.0. The Labute approximate surface area is 181 Å². The molecule has 158 valence electrons. The van der Waals surface area contributed by atoms with Crippen molar-refractivity contribution in [1.29, 1.82) is 0 Å². The van der Waals surface area contributed by atoms with Crippen LogP contribution in [0, 0.1) is 5.92 Å². The zero-order chi connectivity index (χ0) is 20.5. The second-order valence-corrected chi connectivity index (χ2v) is 9.85. The van der Waals surface area contributed by atoms with Crippen molar-refractivity contribution in [1.82, 2.24) is 10.2 Å². The van der Waals surface area contributed by atoms with Crippen molar-refractivity contribution in [3.05, 3.63) is 51.7 Å². The molecule has 1 atom stereocenters. The first kappa shape index (κ1) is 19.8. The van der Waals surface area contributed by atoms with Crippen LogP contribution in [0.2, 0.25) is 0 Å². The number of amides is 2. The number of carbonyl (C=O) groups is 2. The van der Waals surface area contributed by atoms with E-state index in [9.17, 15) is 9.59 Å². The van der Waals surface area contributed by atoms with Gasteiger partial charge in [0.1, 0.15) is 0 Å². The number of nitrogens with zero attached hydrogens (tertiary/aromatic N) is 1. The fraction of sp³-hybridized carbons (Fsp3) is 0.500. The summed E-state index contributed by atoms with van der Waals surface area (Å²) in [5.74, 6) is 0.547. The maximum Gasteiger partial charge on any atom is 0.253 e. The number of thiophene rings is 1. The van der Waals surface area contributed by atoms with E-state index in [1.54, 1.807) is 6.07 Å². The first-order valence-corrected chi connectivity index (χ1v) is 12.1. The Kier molecular flexibility index (Phi) is 5.61. The average Bonchev–Trinajstić information content (AvgIpc) is 3.22. The second-order valence-electron chi connectivity index (χ2n) is 8.85. The Balaban J connectivity index is 1.26. The third-order valence-corrected chi connectivity index (χ3v) is 7.67. The summed E-state index contributed by atoms with van der Waals surface area (Å²) in [4.78, 5) is 29.6. The van der Waals surface area contributed by atoms with Crippen molar-refractivity contribution in [2.75, 3.05) is 18.4 Å². The lowest BCUT2D eigenvalue weighted by Gasteiger charge is -2.35. The van der Waals surface area contributed by atoms with Crippen LogP contribution in [-0.4, -0.2) is 35.8 Å². The van der Waals surface area contributed by atoms with Crippen LogP contribution in [0.1, 0.15) is 65.4 Å². The smallest absolute Gasteiger partial charge is 0.253 e. The molecule has 0 saturated heterocycles. The number of para-hydroxylation sites is 1. The van der Waals surface area contributed by atoms with Gasteiger partial charge in [-0.2, -0.15) is 0 Å². The molecule has 5 nitrogen and oxygen atoms in total. The number of hydrogen-bond donors (Lipinski definition) is 2. The lowest BCUT2D eigenvalue weighted by molar-refractivity contribution is -0.118. The van der Waals surface area contributed by atoms with Crippen molar-refractivity contribution >= 4 is 28.8 Å². The minimum absolute atomic E-state index is 0.0413. The second kappa shape index (κ2) is 8.52. The van der Waals surface area contributed by atoms with Crippen molar-refractivity contribution in [3.63, 3.8) is 0 Å². The van der Waals surface area contributed by atoms with E-state index in [1.807, 2.05) is 29.5 Å².